The predicted octanol–water partition coefficient (Wildman–Crippen LogP) is 3.58. The first-order valence-corrected chi connectivity index (χ1v) is 8.15. The van der Waals surface area contributed by atoms with Crippen molar-refractivity contribution in [1.82, 2.24) is 10.3 Å². The van der Waals surface area contributed by atoms with Crippen molar-refractivity contribution < 1.29 is 0 Å². The SMILES string of the molecule is CCCNC(Cc1cccc(Br)c1)Cc1cccnc1N. The van der Waals surface area contributed by atoms with Gasteiger partial charge in [0, 0.05) is 16.7 Å². The summed E-state index contributed by atoms with van der Waals surface area (Å²) in [6, 6.07) is 12.8. The highest BCUT2D eigenvalue weighted by molar-refractivity contribution is 9.10. The molecule has 0 aliphatic heterocycles. The van der Waals surface area contributed by atoms with Crippen molar-refractivity contribution in [2.45, 2.75) is 32.2 Å². The Hall–Kier alpha value is -1.39. The number of nitrogens with two attached hydrogens (primary N) is 1. The van der Waals surface area contributed by atoms with E-state index in [9.17, 15) is 0 Å². The van der Waals surface area contributed by atoms with Crippen molar-refractivity contribution in [3.63, 3.8) is 0 Å². The number of halogens is 1. The number of aromatic nitrogens is 1. The lowest BCUT2D eigenvalue weighted by molar-refractivity contribution is 0.505. The Labute approximate surface area is 135 Å². The summed E-state index contributed by atoms with van der Waals surface area (Å²) in [6.45, 7) is 3.19. The first-order chi connectivity index (χ1) is 10.2. The maximum absolute atomic E-state index is 5.97. The molecule has 0 saturated carbocycles. The van der Waals surface area contributed by atoms with Crippen LogP contribution in [0.4, 0.5) is 5.82 Å². The average molecular weight is 348 g/mol. The third-order valence-corrected chi connectivity index (χ3v) is 3.94. The summed E-state index contributed by atoms with van der Waals surface area (Å²) in [6.07, 6.45) is 4.74. The zero-order valence-electron chi connectivity index (χ0n) is 12.3. The molecule has 0 saturated heterocycles. The van der Waals surface area contributed by atoms with Gasteiger partial charge in [0.05, 0.1) is 0 Å². The lowest BCUT2D eigenvalue weighted by atomic mass is 9.99. The number of pyridine rings is 1. The molecule has 0 radical (unpaired) electrons. The Bertz CT molecular complexity index is 571. The van der Waals surface area contributed by atoms with Gasteiger partial charge in [-0.2, -0.15) is 0 Å². The van der Waals surface area contributed by atoms with Crippen molar-refractivity contribution in [1.29, 1.82) is 0 Å². The topological polar surface area (TPSA) is 50.9 Å². The number of nitrogen functional groups attached to an aromatic ring is 1. The van der Waals surface area contributed by atoms with Crippen LogP contribution in [0, 0.1) is 0 Å². The molecular formula is C17H22BrN3. The zero-order chi connectivity index (χ0) is 15.1. The minimum atomic E-state index is 0.366. The van der Waals surface area contributed by atoms with Crippen LogP contribution < -0.4 is 11.1 Å². The third-order valence-electron chi connectivity index (χ3n) is 3.45. The molecule has 2 aromatic rings. The summed E-state index contributed by atoms with van der Waals surface area (Å²) in [5.74, 6) is 0.634. The van der Waals surface area contributed by atoms with Gasteiger partial charge in [-0.05, 0) is 55.1 Å². The summed E-state index contributed by atoms with van der Waals surface area (Å²) in [5.41, 5.74) is 8.40. The van der Waals surface area contributed by atoms with Gasteiger partial charge in [0.1, 0.15) is 5.82 Å². The number of hydrogen-bond acceptors (Lipinski definition) is 3. The van der Waals surface area contributed by atoms with Crippen LogP contribution in [0.5, 0.6) is 0 Å². The average Bonchev–Trinajstić information content (AvgIpc) is 2.47. The van der Waals surface area contributed by atoms with Crippen molar-refractivity contribution in [3.8, 4) is 0 Å². The van der Waals surface area contributed by atoms with E-state index >= 15 is 0 Å². The number of benzene rings is 1. The van der Waals surface area contributed by atoms with Crippen molar-refractivity contribution in [2.24, 2.45) is 0 Å². The number of rotatable bonds is 7. The van der Waals surface area contributed by atoms with Gasteiger partial charge in [-0.3, -0.25) is 0 Å². The number of nitrogens with zero attached hydrogens (tertiary/aromatic N) is 1. The summed E-state index contributed by atoms with van der Waals surface area (Å²) in [7, 11) is 0. The van der Waals surface area contributed by atoms with Crippen LogP contribution in [0.2, 0.25) is 0 Å². The normalized spacial score (nSPS) is 12.3. The first kappa shape index (κ1) is 16.0. The van der Waals surface area contributed by atoms with Gasteiger partial charge in [0.25, 0.3) is 0 Å². The molecule has 21 heavy (non-hydrogen) atoms. The van der Waals surface area contributed by atoms with Crippen LogP contribution in [0.1, 0.15) is 24.5 Å². The van der Waals surface area contributed by atoms with E-state index in [-0.39, 0.29) is 0 Å². The highest BCUT2D eigenvalue weighted by Crippen LogP contribution is 2.16. The number of anilines is 1. The Balaban J connectivity index is 2.09. The molecule has 112 valence electrons. The summed E-state index contributed by atoms with van der Waals surface area (Å²) < 4.78 is 1.12. The lowest BCUT2D eigenvalue weighted by Crippen LogP contribution is -2.34. The van der Waals surface area contributed by atoms with E-state index in [1.807, 2.05) is 6.07 Å². The fourth-order valence-corrected chi connectivity index (χ4v) is 2.85. The molecule has 1 heterocycles. The van der Waals surface area contributed by atoms with E-state index in [1.165, 1.54) is 5.56 Å². The van der Waals surface area contributed by atoms with Gasteiger partial charge in [-0.25, -0.2) is 4.98 Å². The Morgan fingerprint density at radius 3 is 2.81 bits per heavy atom. The quantitative estimate of drug-likeness (QED) is 0.804. The van der Waals surface area contributed by atoms with Gasteiger partial charge in [-0.15, -0.1) is 0 Å². The fraction of sp³-hybridized carbons (Fsp3) is 0.353. The molecule has 3 nitrogen and oxygen atoms in total. The van der Waals surface area contributed by atoms with Gasteiger partial charge >= 0.3 is 0 Å². The Morgan fingerprint density at radius 2 is 2.10 bits per heavy atom. The van der Waals surface area contributed by atoms with Crippen LogP contribution in [-0.4, -0.2) is 17.6 Å². The van der Waals surface area contributed by atoms with E-state index in [4.69, 9.17) is 5.73 Å². The second kappa shape index (κ2) is 8.15. The van der Waals surface area contributed by atoms with E-state index in [1.54, 1.807) is 6.20 Å². The maximum Gasteiger partial charge on any atom is 0.126 e. The minimum absolute atomic E-state index is 0.366. The smallest absolute Gasteiger partial charge is 0.126 e. The van der Waals surface area contributed by atoms with E-state index in [2.05, 4.69) is 63.5 Å². The molecule has 0 aliphatic carbocycles. The molecule has 0 amide bonds. The second-order valence-electron chi connectivity index (χ2n) is 5.24. The summed E-state index contributed by atoms with van der Waals surface area (Å²) >= 11 is 3.53. The molecule has 1 unspecified atom stereocenters. The highest BCUT2D eigenvalue weighted by atomic mass is 79.9. The number of hydrogen-bond donors (Lipinski definition) is 2. The molecule has 0 fully saturated rings. The molecule has 0 spiro atoms. The van der Waals surface area contributed by atoms with Crippen LogP contribution in [0.15, 0.2) is 47.1 Å². The van der Waals surface area contributed by atoms with Crippen molar-refractivity contribution in [2.75, 3.05) is 12.3 Å². The maximum atomic E-state index is 5.97. The molecule has 0 bridgehead atoms. The molecule has 0 aliphatic rings. The van der Waals surface area contributed by atoms with Crippen molar-refractivity contribution >= 4 is 21.7 Å². The minimum Gasteiger partial charge on any atom is -0.383 e. The summed E-state index contributed by atoms with van der Waals surface area (Å²) in [5, 5.41) is 3.61. The molecule has 3 N–H and O–H groups in total. The number of nitrogens with one attached hydrogen (secondary N) is 1. The molecule has 4 heteroatoms. The molecule has 1 aromatic heterocycles. The standard InChI is InChI=1S/C17H22BrN3/c1-2-8-20-16(11-13-5-3-7-15(18)10-13)12-14-6-4-9-21-17(14)19/h3-7,9-10,16,20H,2,8,11-12H2,1H3,(H2,19,21). The van der Waals surface area contributed by atoms with Crippen molar-refractivity contribution in [3.05, 3.63) is 58.2 Å². The monoisotopic (exact) mass is 347 g/mol. The van der Waals surface area contributed by atoms with Gasteiger partial charge in [0.2, 0.25) is 0 Å². The lowest BCUT2D eigenvalue weighted by Gasteiger charge is -2.19. The van der Waals surface area contributed by atoms with Crippen LogP contribution in [-0.2, 0) is 12.8 Å². The Morgan fingerprint density at radius 1 is 1.24 bits per heavy atom. The van der Waals surface area contributed by atoms with Crippen LogP contribution in [0.25, 0.3) is 0 Å². The van der Waals surface area contributed by atoms with Gasteiger partial charge < -0.3 is 11.1 Å². The second-order valence-corrected chi connectivity index (χ2v) is 6.15. The fourth-order valence-electron chi connectivity index (χ4n) is 2.40. The van der Waals surface area contributed by atoms with Gasteiger partial charge in [0.15, 0.2) is 0 Å². The predicted molar refractivity (Wildman–Crippen MR) is 92.3 cm³/mol. The van der Waals surface area contributed by atoms with Crippen LogP contribution >= 0.6 is 15.9 Å². The van der Waals surface area contributed by atoms with Gasteiger partial charge in [-0.1, -0.05) is 41.1 Å². The van der Waals surface area contributed by atoms with E-state index in [0.717, 1.165) is 35.8 Å². The summed E-state index contributed by atoms with van der Waals surface area (Å²) in [4.78, 5) is 4.18. The zero-order valence-corrected chi connectivity index (χ0v) is 13.9. The molecular weight excluding hydrogens is 326 g/mol. The first-order valence-electron chi connectivity index (χ1n) is 7.36. The van der Waals surface area contributed by atoms with E-state index in [0.29, 0.717) is 11.9 Å². The van der Waals surface area contributed by atoms with Crippen LogP contribution in [0.3, 0.4) is 0 Å². The Kier molecular flexibility index (Phi) is 6.21. The van der Waals surface area contributed by atoms with E-state index < -0.39 is 0 Å². The largest absolute Gasteiger partial charge is 0.383 e. The third kappa shape index (κ3) is 5.14. The molecule has 2 rings (SSSR count). The highest BCUT2D eigenvalue weighted by Gasteiger charge is 2.12. The molecule has 1 atom stereocenters. The molecule has 1 aromatic carbocycles.